The zero-order valence-corrected chi connectivity index (χ0v) is 15.3. The van der Waals surface area contributed by atoms with Crippen LogP contribution in [0.5, 0.6) is 11.5 Å². The van der Waals surface area contributed by atoms with Crippen molar-refractivity contribution in [2.45, 2.75) is 31.5 Å². The van der Waals surface area contributed by atoms with Gasteiger partial charge in [0.15, 0.2) is 17.3 Å². The van der Waals surface area contributed by atoms with Gasteiger partial charge in [-0.25, -0.2) is 0 Å². The van der Waals surface area contributed by atoms with Crippen molar-refractivity contribution in [1.82, 2.24) is 0 Å². The average molecular weight is 382 g/mol. The predicted octanol–water partition coefficient (Wildman–Crippen LogP) is 1.48. The van der Waals surface area contributed by atoms with Crippen molar-refractivity contribution in [1.29, 1.82) is 0 Å². The van der Waals surface area contributed by atoms with E-state index in [1.165, 1.54) is 32.2 Å². The Bertz CT molecular complexity index is 1070. The number of ketones is 3. The number of aliphatic hydroxyl groups is 2. The quantitative estimate of drug-likeness (QED) is 0.614. The van der Waals surface area contributed by atoms with Crippen molar-refractivity contribution in [3.8, 4) is 11.5 Å². The van der Waals surface area contributed by atoms with Crippen LogP contribution in [-0.4, -0.2) is 45.4 Å². The molecule has 0 saturated carbocycles. The zero-order valence-electron chi connectivity index (χ0n) is 15.3. The molecule has 7 heteroatoms. The van der Waals surface area contributed by atoms with Crippen LogP contribution in [0.1, 0.15) is 62.4 Å². The van der Waals surface area contributed by atoms with Crippen LogP contribution < -0.4 is 4.74 Å². The second-order valence-electron chi connectivity index (χ2n) is 7.27. The van der Waals surface area contributed by atoms with E-state index in [1.807, 2.05) is 0 Å². The predicted molar refractivity (Wildman–Crippen MR) is 96.9 cm³/mol. The van der Waals surface area contributed by atoms with Gasteiger partial charge in [-0.1, -0.05) is 0 Å². The summed E-state index contributed by atoms with van der Waals surface area (Å²) in [6.45, 7) is 1.22. The van der Waals surface area contributed by atoms with Gasteiger partial charge in [0, 0.05) is 35.1 Å². The van der Waals surface area contributed by atoms with Crippen molar-refractivity contribution in [2.24, 2.45) is 0 Å². The van der Waals surface area contributed by atoms with E-state index in [4.69, 9.17) is 4.74 Å². The van der Waals surface area contributed by atoms with Crippen molar-refractivity contribution >= 4 is 17.3 Å². The molecule has 0 aromatic heterocycles. The number of aromatic hydroxyl groups is 1. The molecule has 0 radical (unpaired) electrons. The monoisotopic (exact) mass is 382 g/mol. The van der Waals surface area contributed by atoms with Gasteiger partial charge in [0.2, 0.25) is 0 Å². The zero-order chi connectivity index (χ0) is 20.4. The summed E-state index contributed by atoms with van der Waals surface area (Å²) in [4.78, 5) is 37.8. The number of benzene rings is 2. The minimum Gasteiger partial charge on any atom is -0.507 e. The Morgan fingerprint density at radius 2 is 1.86 bits per heavy atom. The first kappa shape index (κ1) is 18.3. The van der Waals surface area contributed by atoms with Crippen molar-refractivity contribution in [2.75, 3.05) is 7.11 Å². The average Bonchev–Trinajstić information content (AvgIpc) is 2.64. The van der Waals surface area contributed by atoms with Crippen LogP contribution in [0.2, 0.25) is 0 Å². The Kier molecular flexibility index (Phi) is 3.92. The van der Waals surface area contributed by atoms with Gasteiger partial charge in [0.05, 0.1) is 18.8 Å². The van der Waals surface area contributed by atoms with Crippen LogP contribution in [-0.2, 0) is 11.2 Å². The molecule has 144 valence electrons. The van der Waals surface area contributed by atoms with Gasteiger partial charge in [-0.15, -0.1) is 0 Å². The minimum atomic E-state index is -1.80. The Morgan fingerprint density at radius 1 is 1.14 bits per heavy atom. The number of Topliss-reactive ketones (excluding diaryl/α,β-unsaturated/α-hetero) is 1. The number of carbonyl (C=O) groups excluding carboxylic acids is 3. The maximum Gasteiger partial charge on any atom is 0.198 e. The first-order valence-corrected chi connectivity index (χ1v) is 8.75. The van der Waals surface area contributed by atoms with E-state index >= 15 is 0 Å². The molecule has 2 aromatic carbocycles. The van der Waals surface area contributed by atoms with E-state index in [0.717, 1.165) is 0 Å². The van der Waals surface area contributed by atoms with Crippen LogP contribution >= 0.6 is 0 Å². The standard InChI is InChI=1S/C21H18O7/c1-9(22)21(27)7-10-5-14-17(20(26)16(10)15(23)8-21)19(25)12-4-3-11(28-2)6-13(12)18(14)24/h3-6,15,23,26-27H,7-8H2,1-2H3. The molecule has 2 unspecified atom stereocenters. The number of hydrogen-bond acceptors (Lipinski definition) is 7. The van der Waals surface area contributed by atoms with Gasteiger partial charge < -0.3 is 20.1 Å². The fourth-order valence-electron chi connectivity index (χ4n) is 4.06. The topological polar surface area (TPSA) is 121 Å². The third-order valence-corrected chi connectivity index (χ3v) is 5.62. The van der Waals surface area contributed by atoms with Crippen LogP contribution in [0.15, 0.2) is 24.3 Å². The first-order chi connectivity index (χ1) is 13.2. The summed E-state index contributed by atoms with van der Waals surface area (Å²) < 4.78 is 5.12. The number of hydrogen-bond donors (Lipinski definition) is 3. The molecular weight excluding hydrogens is 364 g/mol. The summed E-state index contributed by atoms with van der Waals surface area (Å²) in [5.74, 6) is -1.61. The number of aliphatic hydroxyl groups excluding tert-OH is 1. The van der Waals surface area contributed by atoms with Gasteiger partial charge in [-0.3, -0.25) is 14.4 Å². The summed E-state index contributed by atoms with van der Waals surface area (Å²) in [7, 11) is 1.44. The Morgan fingerprint density at radius 3 is 2.50 bits per heavy atom. The number of fused-ring (bicyclic) bond motifs is 3. The molecule has 0 bridgehead atoms. The van der Waals surface area contributed by atoms with Gasteiger partial charge >= 0.3 is 0 Å². The van der Waals surface area contributed by atoms with E-state index in [2.05, 4.69) is 0 Å². The van der Waals surface area contributed by atoms with Crippen molar-refractivity contribution in [3.63, 3.8) is 0 Å². The van der Waals surface area contributed by atoms with E-state index in [-0.39, 0.29) is 46.2 Å². The fourth-order valence-corrected chi connectivity index (χ4v) is 4.06. The van der Waals surface area contributed by atoms with Gasteiger partial charge in [-0.2, -0.15) is 0 Å². The highest BCUT2D eigenvalue weighted by molar-refractivity contribution is 6.29. The third-order valence-electron chi connectivity index (χ3n) is 5.62. The maximum atomic E-state index is 13.0. The molecule has 4 rings (SSSR count). The van der Waals surface area contributed by atoms with Crippen LogP contribution in [0.4, 0.5) is 0 Å². The lowest BCUT2D eigenvalue weighted by Gasteiger charge is -2.36. The maximum absolute atomic E-state index is 13.0. The number of methoxy groups -OCH3 is 1. The molecule has 28 heavy (non-hydrogen) atoms. The number of phenols is 1. The Labute approximate surface area is 160 Å². The van der Waals surface area contributed by atoms with E-state index in [9.17, 15) is 29.7 Å². The van der Waals surface area contributed by atoms with E-state index in [1.54, 1.807) is 6.07 Å². The van der Waals surface area contributed by atoms with Gasteiger partial charge in [0.25, 0.3) is 0 Å². The van der Waals surface area contributed by atoms with E-state index < -0.39 is 34.8 Å². The molecular formula is C21H18O7. The largest absolute Gasteiger partial charge is 0.507 e. The molecule has 2 aliphatic rings. The van der Waals surface area contributed by atoms with Crippen LogP contribution in [0, 0.1) is 0 Å². The van der Waals surface area contributed by atoms with Gasteiger partial charge in [-0.05, 0) is 36.8 Å². The molecule has 0 heterocycles. The number of carbonyl (C=O) groups is 3. The molecule has 2 aromatic rings. The number of rotatable bonds is 2. The summed E-state index contributed by atoms with van der Waals surface area (Å²) in [5.41, 5.74) is -1.37. The normalized spacial score (nSPS) is 22.9. The SMILES string of the molecule is COc1ccc2c(c1)C(=O)c1cc3c(c(O)c1C2=O)C(O)CC(O)(C(C)=O)C3. The molecule has 0 amide bonds. The summed E-state index contributed by atoms with van der Waals surface area (Å²) in [5, 5.41) is 31.8. The minimum absolute atomic E-state index is 0.0259. The van der Waals surface area contributed by atoms with Crippen molar-refractivity contribution < 1.29 is 34.4 Å². The molecule has 7 nitrogen and oxygen atoms in total. The molecule has 3 N–H and O–H groups in total. The molecule has 0 aliphatic heterocycles. The third kappa shape index (κ3) is 2.40. The first-order valence-electron chi connectivity index (χ1n) is 8.75. The Hall–Kier alpha value is -3.03. The fraction of sp³-hybridized carbons (Fsp3) is 0.286. The molecule has 0 fully saturated rings. The molecule has 2 aliphatic carbocycles. The van der Waals surface area contributed by atoms with Gasteiger partial charge in [0.1, 0.15) is 17.1 Å². The summed E-state index contributed by atoms with van der Waals surface area (Å²) >= 11 is 0. The number of ether oxygens (including phenoxy) is 1. The lowest BCUT2D eigenvalue weighted by atomic mass is 9.73. The highest BCUT2D eigenvalue weighted by Crippen LogP contribution is 2.45. The second-order valence-corrected chi connectivity index (χ2v) is 7.27. The Balaban J connectivity index is 1.94. The summed E-state index contributed by atoms with van der Waals surface area (Å²) in [6.07, 6.45) is -1.80. The van der Waals surface area contributed by atoms with E-state index in [0.29, 0.717) is 5.75 Å². The lowest BCUT2D eigenvalue weighted by Crippen LogP contribution is -2.44. The van der Waals surface area contributed by atoms with Crippen LogP contribution in [0.25, 0.3) is 0 Å². The highest BCUT2D eigenvalue weighted by Gasteiger charge is 2.44. The van der Waals surface area contributed by atoms with Crippen molar-refractivity contribution in [3.05, 3.63) is 57.6 Å². The highest BCUT2D eigenvalue weighted by atomic mass is 16.5. The smallest absolute Gasteiger partial charge is 0.198 e. The molecule has 2 atom stereocenters. The molecule has 0 spiro atoms. The summed E-state index contributed by atoms with van der Waals surface area (Å²) in [6, 6.07) is 5.84. The number of phenolic OH excluding ortho intramolecular Hbond substituents is 1. The van der Waals surface area contributed by atoms with Crippen LogP contribution in [0.3, 0.4) is 0 Å². The second kappa shape index (κ2) is 5.98. The molecule has 0 saturated heterocycles. The lowest BCUT2D eigenvalue weighted by molar-refractivity contribution is -0.139.